The van der Waals surface area contributed by atoms with Crippen LogP contribution < -0.4 is 10.6 Å². The molecule has 33 heavy (non-hydrogen) atoms. The lowest BCUT2D eigenvalue weighted by Crippen LogP contribution is -2.30. The smallest absolute Gasteiger partial charge is 0.251 e. The Balaban J connectivity index is 1.21. The summed E-state index contributed by atoms with van der Waals surface area (Å²) in [6, 6.07) is 18.2. The van der Waals surface area contributed by atoms with E-state index in [9.17, 15) is 14.0 Å². The molecular weight excluding hydrogens is 415 g/mol. The van der Waals surface area contributed by atoms with Gasteiger partial charge in [-0.2, -0.15) is 0 Å². The molecule has 4 nitrogen and oxygen atoms in total. The molecule has 0 heterocycles. The molecule has 2 fully saturated rings. The van der Waals surface area contributed by atoms with Crippen LogP contribution in [0.15, 0.2) is 60.7 Å². The van der Waals surface area contributed by atoms with Crippen LogP contribution in [0.3, 0.4) is 0 Å². The Morgan fingerprint density at radius 1 is 0.939 bits per heavy atom. The van der Waals surface area contributed by atoms with Gasteiger partial charge in [0.25, 0.3) is 5.91 Å². The molecule has 2 aliphatic rings. The van der Waals surface area contributed by atoms with E-state index in [4.69, 9.17) is 0 Å². The van der Waals surface area contributed by atoms with E-state index in [2.05, 4.69) is 10.6 Å². The van der Waals surface area contributed by atoms with Crippen LogP contribution in [-0.2, 0) is 4.79 Å². The highest BCUT2D eigenvalue weighted by atomic mass is 19.1. The minimum atomic E-state index is -0.407. The number of carbonyl (C=O) groups excluding carboxylic acids is 2. The molecule has 0 radical (unpaired) electrons. The Morgan fingerprint density at radius 2 is 1.76 bits per heavy atom. The van der Waals surface area contributed by atoms with Crippen molar-refractivity contribution in [2.75, 3.05) is 11.9 Å². The number of anilines is 1. The zero-order chi connectivity index (χ0) is 22.8. The molecule has 0 bridgehead atoms. The number of hydrogen-bond donors (Lipinski definition) is 2. The molecule has 2 atom stereocenters. The molecule has 5 rings (SSSR count). The second kappa shape index (κ2) is 9.34. The molecule has 170 valence electrons. The third-order valence-electron chi connectivity index (χ3n) is 7.10. The van der Waals surface area contributed by atoms with Crippen LogP contribution in [0.5, 0.6) is 0 Å². The van der Waals surface area contributed by atoms with E-state index in [1.165, 1.54) is 32.1 Å². The van der Waals surface area contributed by atoms with Crippen LogP contribution in [0.2, 0.25) is 0 Å². The van der Waals surface area contributed by atoms with Gasteiger partial charge in [0.2, 0.25) is 5.91 Å². The molecule has 0 aliphatic heterocycles. The fourth-order valence-corrected chi connectivity index (χ4v) is 5.05. The number of carbonyl (C=O) groups is 2. The quantitative estimate of drug-likeness (QED) is 0.488. The zero-order valence-electron chi connectivity index (χ0n) is 18.6. The first-order chi connectivity index (χ1) is 16.1. The van der Waals surface area contributed by atoms with Crippen LogP contribution in [0, 0.1) is 17.7 Å². The summed E-state index contributed by atoms with van der Waals surface area (Å²) in [6.07, 6.45) is 6.90. The highest BCUT2D eigenvalue weighted by Gasteiger charge is 2.44. The van der Waals surface area contributed by atoms with Gasteiger partial charge in [0.1, 0.15) is 0 Å². The first-order valence-electron chi connectivity index (χ1n) is 12.0. The summed E-state index contributed by atoms with van der Waals surface area (Å²) in [5.41, 5.74) is 1.83. The van der Waals surface area contributed by atoms with Gasteiger partial charge in [-0.1, -0.05) is 61.7 Å². The van der Waals surface area contributed by atoms with Gasteiger partial charge < -0.3 is 10.6 Å². The van der Waals surface area contributed by atoms with Crippen molar-refractivity contribution in [1.82, 2.24) is 5.32 Å². The van der Waals surface area contributed by atoms with Crippen LogP contribution in [0.1, 0.15) is 60.4 Å². The van der Waals surface area contributed by atoms with E-state index in [1.807, 2.05) is 42.5 Å². The molecule has 2 amide bonds. The monoisotopic (exact) mass is 444 g/mol. The number of benzene rings is 3. The van der Waals surface area contributed by atoms with Gasteiger partial charge in [-0.3, -0.25) is 9.59 Å². The molecule has 2 saturated carbocycles. The lowest BCUT2D eigenvalue weighted by atomic mass is 9.89. The van der Waals surface area contributed by atoms with Crippen molar-refractivity contribution in [2.45, 2.75) is 44.4 Å². The largest absolute Gasteiger partial charge is 0.352 e. The molecule has 2 N–H and O–H groups in total. The predicted molar refractivity (Wildman–Crippen MR) is 129 cm³/mol. The summed E-state index contributed by atoms with van der Waals surface area (Å²) < 4.78 is 14.8. The number of rotatable bonds is 6. The fraction of sp³-hybridized carbons (Fsp3) is 0.357. The number of halogens is 1. The lowest BCUT2D eigenvalue weighted by molar-refractivity contribution is -0.117. The Hall–Kier alpha value is -3.21. The van der Waals surface area contributed by atoms with Crippen molar-refractivity contribution in [3.63, 3.8) is 0 Å². The second-order valence-corrected chi connectivity index (χ2v) is 9.43. The van der Waals surface area contributed by atoms with Crippen molar-refractivity contribution < 1.29 is 14.0 Å². The highest BCUT2D eigenvalue weighted by molar-refractivity contribution is 5.98. The van der Waals surface area contributed by atoms with Gasteiger partial charge in [0, 0.05) is 23.4 Å². The Bertz CT molecular complexity index is 1190. The van der Waals surface area contributed by atoms with Gasteiger partial charge in [-0.15, -0.1) is 0 Å². The molecule has 0 spiro atoms. The molecule has 0 saturated heterocycles. The summed E-state index contributed by atoms with van der Waals surface area (Å²) in [6.45, 7) is 0.731. The van der Waals surface area contributed by atoms with E-state index in [0.29, 0.717) is 23.3 Å². The van der Waals surface area contributed by atoms with Gasteiger partial charge in [-0.05, 0) is 60.2 Å². The number of amides is 2. The third-order valence-corrected chi connectivity index (χ3v) is 7.10. The highest BCUT2D eigenvalue weighted by Crippen LogP contribution is 2.48. The maximum Gasteiger partial charge on any atom is 0.251 e. The van der Waals surface area contributed by atoms with E-state index >= 15 is 0 Å². The van der Waals surface area contributed by atoms with Crippen molar-refractivity contribution in [2.24, 2.45) is 11.8 Å². The molecule has 3 aromatic rings. The average molecular weight is 445 g/mol. The van der Waals surface area contributed by atoms with Gasteiger partial charge in [0.15, 0.2) is 5.82 Å². The topological polar surface area (TPSA) is 58.2 Å². The molecular formula is C28H29FN2O2. The van der Waals surface area contributed by atoms with Crippen LogP contribution in [-0.4, -0.2) is 18.4 Å². The van der Waals surface area contributed by atoms with E-state index in [0.717, 1.165) is 17.5 Å². The van der Waals surface area contributed by atoms with Crippen LogP contribution in [0.4, 0.5) is 10.1 Å². The fourth-order valence-electron chi connectivity index (χ4n) is 5.05. The zero-order valence-corrected chi connectivity index (χ0v) is 18.6. The summed E-state index contributed by atoms with van der Waals surface area (Å²) in [4.78, 5) is 25.4. The van der Waals surface area contributed by atoms with Crippen molar-refractivity contribution in [3.05, 3.63) is 77.6 Å². The van der Waals surface area contributed by atoms with E-state index in [-0.39, 0.29) is 29.3 Å². The number of nitrogens with one attached hydrogen (secondary N) is 2. The summed E-state index contributed by atoms with van der Waals surface area (Å²) in [7, 11) is 0. The van der Waals surface area contributed by atoms with Gasteiger partial charge >= 0.3 is 0 Å². The van der Waals surface area contributed by atoms with Crippen molar-refractivity contribution >= 4 is 28.3 Å². The van der Waals surface area contributed by atoms with Crippen molar-refractivity contribution in [1.29, 1.82) is 0 Å². The third kappa shape index (κ3) is 4.77. The maximum absolute atomic E-state index is 14.8. The molecule has 3 aromatic carbocycles. The second-order valence-electron chi connectivity index (χ2n) is 9.43. The normalized spacial score (nSPS) is 20.4. The summed E-state index contributed by atoms with van der Waals surface area (Å²) in [5.74, 6) is -0.215. The summed E-state index contributed by atoms with van der Waals surface area (Å²) in [5, 5.41) is 7.14. The first kappa shape index (κ1) is 21.6. The molecule has 2 aliphatic carbocycles. The van der Waals surface area contributed by atoms with E-state index < -0.39 is 5.82 Å². The summed E-state index contributed by atoms with van der Waals surface area (Å²) >= 11 is 0. The van der Waals surface area contributed by atoms with Crippen LogP contribution >= 0.6 is 0 Å². The number of fused-ring (bicyclic) bond motifs is 1. The van der Waals surface area contributed by atoms with Crippen LogP contribution in [0.25, 0.3) is 10.8 Å². The SMILES string of the molecule is O=C(NCC1CCCCC1)c1cccc([C@@H]2C[C@H]2C(=O)Nc2ccc3ccccc3c2F)c1. The Labute approximate surface area is 193 Å². The Kier molecular flexibility index (Phi) is 6.12. The number of hydrogen-bond acceptors (Lipinski definition) is 2. The van der Waals surface area contributed by atoms with Gasteiger partial charge in [-0.25, -0.2) is 4.39 Å². The standard InChI is InChI=1S/C28H29FN2O2/c29-26-22-12-5-4-9-19(22)13-14-25(26)31-28(33)24-16-23(24)20-10-6-11-21(15-20)27(32)30-17-18-7-2-1-3-8-18/h4-6,9-15,18,23-24H,1-3,7-8,16-17H2,(H,30,32)(H,31,33)/t23-,24+/m0/s1. The first-order valence-corrected chi connectivity index (χ1v) is 12.0. The van der Waals surface area contributed by atoms with Crippen molar-refractivity contribution in [3.8, 4) is 0 Å². The maximum atomic E-state index is 14.8. The molecule has 5 heteroatoms. The predicted octanol–water partition coefficient (Wildman–Crippen LogP) is 6.03. The minimum absolute atomic E-state index is 0.0534. The minimum Gasteiger partial charge on any atom is -0.352 e. The van der Waals surface area contributed by atoms with Gasteiger partial charge in [0.05, 0.1) is 5.69 Å². The average Bonchev–Trinajstić information content (AvgIpc) is 3.66. The molecule has 0 aromatic heterocycles. The Morgan fingerprint density at radius 3 is 2.61 bits per heavy atom. The van der Waals surface area contributed by atoms with E-state index in [1.54, 1.807) is 18.2 Å². The molecule has 0 unspecified atom stereocenters. The lowest BCUT2D eigenvalue weighted by Gasteiger charge is -2.21.